The van der Waals surface area contributed by atoms with Gasteiger partial charge in [0.15, 0.2) is 5.69 Å². The lowest BCUT2D eigenvalue weighted by Gasteiger charge is -2.30. The summed E-state index contributed by atoms with van der Waals surface area (Å²) in [6.07, 6.45) is 0.261. The second-order valence-electron chi connectivity index (χ2n) is 8.75. The molecule has 0 radical (unpaired) electrons. The Kier molecular flexibility index (Phi) is 5.68. The summed E-state index contributed by atoms with van der Waals surface area (Å²) in [5.74, 6) is 0.0211. The number of benzene rings is 1. The fraction of sp³-hybridized carbons (Fsp3) is 0.500. The van der Waals surface area contributed by atoms with Gasteiger partial charge in [0.2, 0.25) is 0 Å². The smallest absolute Gasteiger partial charge is 0.410 e. The number of anilines is 1. The monoisotopic (exact) mass is 398 g/mol. The van der Waals surface area contributed by atoms with Crippen LogP contribution in [0.25, 0.3) is 0 Å². The van der Waals surface area contributed by atoms with Crippen LogP contribution in [0.3, 0.4) is 0 Å². The molecule has 29 heavy (non-hydrogen) atoms. The molecule has 0 aliphatic carbocycles. The molecule has 1 aliphatic heterocycles. The molecule has 7 nitrogen and oxygen atoms in total. The lowest BCUT2D eigenvalue weighted by atomic mass is 10.0. The molecular weight excluding hydrogens is 368 g/mol. The summed E-state index contributed by atoms with van der Waals surface area (Å²) in [7, 11) is 1.83. The third kappa shape index (κ3) is 4.60. The molecule has 0 saturated carbocycles. The number of carbonyl (C=O) groups excluding carboxylic acids is 2. The van der Waals surface area contributed by atoms with Gasteiger partial charge in [-0.05, 0) is 38.3 Å². The lowest BCUT2D eigenvalue weighted by Crippen LogP contribution is -2.40. The highest BCUT2D eigenvalue weighted by atomic mass is 16.6. The molecule has 156 valence electrons. The van der Waals surface area contributed by atoms with Gasteiger partial charge in [0.05, 0.1) is 6.54 Å². The molecule has 7 heteroatoms. The summed E-state index contributed by atoms with van der Waals surface area (Å²) in [6.45, 7) is 10.6. The Morgan fingerprint density at radius 1 is 1.21 bits per heavy atom. The molecule has 0 unspecified atom stereocenters. The normalized spacial score (nSPS) is 14.0. The fourth-order valence-electron chi connectivity index (χ4n) is 3.55. The number of nitrogens with one attached hydrogen (secondary N) is 1. The molecule has 0 atom stereocenters. The molecule has 1 aromatic heterocycles. The molecular formula is C22H30N4O3. The highest BCUT2D eigenvalue weighted by Gasteiger charge is 2.31. The van der Waals surface area contributed by atoms with E-state index < -0.39 is 5.60 Å². The van der Waals surface area contributed by atoms with Gasteiger partial charge in [-0.1, -0.05) is 32.0 Å². The van der Waals surface area contributed by atoms with Crippen LogP contribution in [0.1, 0.15) is 67.8 Å². The molecule has 3 rings (SSSR count). The Morgan fingerprint density at radius 3 is 2.55 bits per heavy atom. The van der Waals surface area contributed by atoms with Gasteiger partial charge in [0.25, 0.3) is 5.91 Å². The molecule has 0 fully saturated rings. The Labute approximate surface area is 172 Å². The summed E-state index contributed by atoms with van der Waals surface area (Å²) in [4.78, 5) is 27.2. The van der Waals surface area contributed by atoms with Crippen molar-refractivity contribution in [1.82, 2.24) is 14.7 Å². The van der Waals surface area contributed by atoms with E-state index in [1.165, 1.54) is 0 Å². The number of para-hydroxylation sites is 1. The number of ether oxygens (including phenoxy) is 1. The van der Waals surface area contributed by atoms with Crippen molar-refractivity contribution in [3.8, 4) is 0 Å². The number of hydrogen-bond acceptors (Lipinski definition) is 4. The van der Waals surface area contributed by atoms with E-state index in [-0.39, 0.29) is 17.9 Å². The molecule has 1 aliphatic rings. The second-order valence-corrected chi connectivity index (χ2v) is 8.75. The van der Waals surface area contributed by atoms with E-state index in [2.05, 4.69) is 24.3 Å². The first-order valence-electron chi connectivity index (χ1n) is 9.99. The zero-order valence-corrected chi connectivity index (χ0v) is 18.1. The van der Waals surface area contributed by atoms with Gasteiger partial charge in [-0.3, -0.25) is 9.48 Å². The van der Waals surface area contributed by atoms with Crippen molar-refractivity contribution < 1.29 is 14.3 Å². The summed E-state index contributed by atoms with van der Waals surface area (Å²) in [5.41, 5.74) is 3.41. The summed E-state index contributed by atoms with van der Waals surface area (Å²) in [5, 5.41) is 7.46. The van der Waals surface area contributed by atoms with Gasteiger partial charge in [-0.25, -0.2) is 4.79 Å². The van der Waals surface area contributed by atoms with E-state index in [9.17, 15) is 9.59 Å². The fourth-order valence-corrected chi connectivity index (χ4v) is 3.55. The average Bonchev–Trinajstić information content (AvgIpc) is 2.97. The van der Waals surface area contributed by atoms with Crippen molar-refractivity contribution >= 4 is 17.7 Å². The van der Waals surface area contributed by atoms with Crippen molar-refractivity contribution in [2.75, 3.05) is 11.9 Å². The third-order valence-electron chi connectivity index (χ3n) is 4.94. The summed E-state index contributed by atoms with van der Waals surface area (Å²) < 4.78 is 7.24. The maximum absolute atomic E-state index is 13.1. The number of aromatic nitrogens is 2. The predicted octanol–water partition coefficient (Wildman–Crippen LogP) is 4.09. The third-order valence-corrected chi connectivity index (χ3v) is 4.94. The minimum Gasteiger partial charge on any atom is -0.444 e. The lowest BCUT2D eigenvalue weighted by molar-refractivity contribution is 0.0222. The Bertz CT molecular complexity index is 925. The molecule has 0 saturated heterocycles. The van der Waals surface area contributed by atoms with Gasteiger partial charge in [0, 0.05) is 37.0 Å². The number of nitrogens with zero attached hydrogens (tertiary/aromatic N) is 3. The molecule has 1 aromatic carbocycles. The van der Waals surface area contributed by atoms with Crippen LogP contribution in [-0.4, -0.2) is 38.8 Å². The average molecular weight is 399 g/mol. The minimum absolute atomic E-state index is 0.263. The van der Waals surface area contributed by atoms with Gasteiger partial charge in [0.1, 0.15) is 5.60 Å². The van der Waals surface area contributed by atoms with Crippen LogP contribution < -0.4 is 5.32 Å². The van der Waals surface area contributed by atoms with E-state index in [1.807, 2.05) is 52.1 Å². The summed E-state index contributed by atoms with van der Waals surface area (Å²) >= 11 is 0. The predicted molar refractivity (Wildman–Crippen MR) is 112 cm³/mol. The van der Waals surface area contributed by atoms with Crippen LogP contribution in [0.2, 0.25) is 0 Å². The van der Waals surface area contributed by atoms with E-state index in [4.69, 9.17) is 4.74 Å². The summed E-state index contributed by atoms with van der Waals surface area (Å²) in [6, 6.07) is 7.78. The van der Waals surface area contributed by atoms with E-state index in [0.717, 1.165) is 22.5 Å². The highest BCUT2D eigenvalue weighted by Crippen LogP contribution is 2.27. The first-order chi connectivity index (χ1) is 13.6. The van der Waals surface area contributed by atoms with Crippen LogP contribution in [0.4, 0.5) is 10.5 Å². The molecule has 1 N–H and O–H groups in total. The molecule has 0 bridgehead atoms. The molecule has 2 amide bonds. The van der Waals surface area contributed by atoms with Crippen LogP contribution in [0.15, 0.2) is 24.3 Å². The van der Waals surface area contributed by atoms with Crippen LogP contribution >= 0.6 is 0 Å². The van der Waals surface area contributed by atoms with Crippen molar-refractivity contribution in [2.24, 2.45) is 7.05 Å². The van der Waals surface area contributed by atoms with Crippen molar-refractivity contribution in [1.29, 1.82) is 0 Å². The molecule has 2 heterocycles. The van der Waals surface area contributed by atoms with Crippen LogP contribution in [0, 0.1) is 0 Å². The number of fused-ring (bicyclic) bond motifs is 1. The SMILES string of the molecule is CC(C)c1ccccc1NC(=O)c1nn(C)c2c1CN(C(=O)OC(C)(C)C)CC2. The molecule has 2 aromatic rings. The van der Waals surface area contributed by atoms with Crippen molar-refractivity contribution in [3.63, 3.8) is 0 Å². The number of hydrogen-bond donors (Lipinski definition) is 1. The highest BCUT2D eigenvalue weighted by molar-refractivity contribution is 6.04. The first kappa shape index (κ1) is 20.9. The minimum atomic E-state index is -0.562. The van der Waals surface area contributed by atoms with Crippen LogP contribution in [0.5, 0.6) is 0 Å². The number of amides is 2. The molecule has 0 spiro atoms. The van der Waals surface area contributed by atoms with E-state index >= 15 is 0 Å². The topological polar surface area (TPSA) is 76.5 Å². The van der Waals surface area contributed by atoms with Gasteiger partial charge in [-0.2, -0.15) is 5.10 Å². The Hall–Kier alpha value is -2.83. The van der Waals surface area contributed by atoms with Gasteiger partial charge >= 0.3 is 6.09 Å². The standard InChI is InChI=1S/C22H30N4O3/c1-14(2)15-9-7-8-10-17(15)23-20(27)19-16-13-26(21(28)29-22(3,4)5)12-11-18(16)25(6)24-19/h7-10,14H,11-13H2,1-6H3,(H,23,27). The van der Waals surface area contributed by atoms with Crippen molar-refractivity contribution in [2.45, 2.75) is 59.1 Å². The van der Waals surface area contributed by atoms with E-state index in [1.54, 1.807) is 9.58 Å². The largest absolute Gasteiger partial charge is 0.444 e. The number of aryl methyl sites for hydroxylation is 1. The second kappa shape index (κ2) is 7.89. The zero-order chi connectivity index (χ0) is 21.3. The van der Waals surface area contributed by atoms with E-state index in [0.29, 0.717) is 25.2 Å². The number of rotatable bonds is 3. The zero-order valence-electron chi connectivity index (χ0n) is 18.1. The maximum atomic E-state index is 13.1. The Balaban J connectivity index is 1.84. The maximum Gasteiger partial charge on any atom is 0.410 e. The number of carbonyl (C=O) groups is 2. The quantitative estimate of drug-likeness (QED) is 0.845. The Morgan fingerprint density at radius 2 is 1.90 bits per heavy atom. The van der Waals surface area contributed by atoms with Crippen molar-refractivity contribution in [3.05, 3.63) is 46.8 Å². The first-order valence-corrected chi connectivity index (χ1v) is 9.99. The van der Waals surface area contributed by atoms with Gasteiger partial charge < -0.3 is 15.0 Å². The van der Waals surface area contributed by atoms with Crippen LogP contribution in [-0.2, 0) is 24.8 Å². The van der Waals surface area contributed by atoms with Gasteiger partial charge in [-0.15, -0.1) is 0 Å².